The predicted molar refractivity (Wildman–Crippen MR) is 264 cm³/mol. The van der Waals surface area contributed by atoms with Crippen LogP contribution in [0.15, 0.2) is 70.5 Å². The van der Waals surface area contributed by atoms with Crippen molar-refractivity contribution in [2.45, 2.75) is 85.0 Å². The topological polar surface area (TPSA) is 207 Å². The fraction of sp³-hybridized carbons (Fsp3) is 0.420. The molecule has 71 heavy (non-hydrogen) atoms. The number of benzene rings is 3. The van der Waals surface area contributed by atoms with Crippen LogP contribution < -0.4 is 11.0 Å². The van der Waals surface area contributed by atoms with Crippen molar-refractivity contribution >= 4 is 40.5 Å². The maximum absolute atomic E-state index is 13.8. The SMILES string of the molecule is Cc1sc2c(c1C)C(c1ccc(Cl)cc1)=N[C@@H](CCNCC1CCN(C(=O)C3CCN(Cc4ccc(-n5c(-c6cc(C(C)C)c(O)cc6O)n[nH]c5=O)cc4)CC3)C1)c1nnc(C)n1-2.O=C(O)C(F)(F)F. The van der Waals surface area contributed by atoms with Gasteiger partial charge in [0.05, 0.1) is 17.0 Å². The first-order chi connectivity index (χ1) is 33.8. The number of hydrogen-bond donors (Lipinski definition) is 5. The standard InChI is InChI=1S/C48H55ClN10O4S.C2HF3O2/c1-27(2)37-22-38(41(61)23-40(37)60)44-53-55-48(63)59(44)36-12-6-31(7-13-36)25-56-19-16-34(17-20-56)46(62)57-21-15-32(26-57)24-50-18-14-39-45-54-52-30(5)58(45)47-42(28(3)29(4)64-47)43(51-39)33-8-10-35(49)11-9-33;3-2(4,5)1(6)7/h6-13,22-23,27,32,34,39,50,60-61H,14-21,24-26H2,1-5H3,(H,55,63);(H,6,7)/t32?,39-;/m0./s1. The molecule has 0 saturated carbocycles. The number of halogens is 4. The van der Waals surface area contributed by atoms with E-state index in [4.69, 9.17) is 26.5 Å². The maximum Gasteiger partial charge on any atom is 0.490 e. The van der Waals surface area contributed by atoms with Crippen LogP contribution in [0, 0.1) is 32.6 Å². The number of H-pyrrole nitrogens is 1. The van der Waals surface area contributed by atoms with Crippen molar-refractivity contribution in [3.05, 3.63) is 121 Å². The van der Waals surface area contributed by atoms with Crippen LogP contribution in [0.2, 0.25) is 5.02 Å². The third kappa shape index (κ3) is 11.1. The molecule has 3 aromatic heterocycles. The molecular formula is C50H56ClF3N10O6S. The van der Waals surface area contributed by atoms with Gasteiger partial charge in [-0.25, -0.2) is 19.3 Å². The quantitative estimate of drug-likeness (QED) is 0.0738. The number of aromatic hydroxyl groups is 2. The summed E-state index contributed by atoms with van der Waals surface area (Å²) in [5, 5.41) is 49.6. The molecule has 9 rings (SSSR count). The predicted octanol–water partition coefficient (Wildman–Crippen LogP) is 8.25. The van der Waals surface area contributed by atoms with Gasteiger partial charge in [0.2, 0.25) is 5.91 Å². The largest absolute Gasteiger partial charge is 0.508 e. The Labute approximate surface area is 416 Å². The van der Waals surface area contributed by atoms with E-state index in [1.165, 1.54) is 21.1 Å². The minimum Gasteiger partial charge on any atom is -0.508 e. The highest BCUT2D eigenvalue weighted by molar-refractivity contribution is 7.15. The Kier molecular flexibility index (Phi) is 15.2. The monoisotopic (exact) mass is 1020 g/mol. The smallest absolute Gasteiger partial charge is 0.490 e. The Morgan fingerprint density at radius 1 is 0.944 bits per heavy atom. The van der Waals surface area contributed by atoms with Crippen molar-refractivity contribution in [1.29, 1.82) is 0 Å². The molecule has 2 fully saturated rings. The number of hydrogen-bond acceptors (Lipinski definition) is 12. The Balaban J connectivity index is 0.000000900. The number of phenols is 2. The number of carboxylic acids is 1. The van der Waals surface area contributed by atoms with Crippen LogP contribution in [0.1, 0.15) is 95.8 Å². The van der Waals surface area contributed by atoms with Crippen molar-refractivity contribution in [1.82, 2.24) is 44.6 Å². The highest BCUT2D eigenvalue weighted by atomic mass is 35.5. The molecule has 1 unspecified atom stereocenters. The number of fused-ring (bicyclic) bond motifs is 3. The first-order valence-electron chi connectivity index (χ1n) is 23.5. The highest BCUT2D eigenvalue weighted by Gasteiger charge is 2.38. The molecule has 2 saturated heterocycles. The summed E-state index contributed by atoms with van der Waals surface area (Å²) in [4.78, 5) is 46.7. The van der Waals surface area contributed by atoms with E-state index >= 15 is 0 Å². The van der Waals surface area contributed by atoms with Gasteiger partial charge in [0.1, 0.15) is 28.4 Å². The first-order valence-corrected chi connectivity index (χ1v) is 24.7. The van der Waals surface area contributed by atoms with Crippen molar-refractivity contribution in [2.75, 3.05) is 39.3 Å². The van der Waals surface area contributed by atoms with E-state index < -0.39 is 17.8 Å². The zero-order chi connectivity index (χ0) is 50.9. The molecule has 3 aliphatic rings. The Morgan fingerprint density at radius 3 is 2.30 bits per heavy atom. The molecule has 21 heteroatoms. The van der Waals surface area contributed by atoms with Crippen LogP contribution in [0.25, 0.3) is 22.1 Å². The van der Waals surface area contributed by atoms with E-state index in [0.29, 0.717) is 27.8 Å². The number of carbonyl (C=O) groups is 2. The number of alkyl halides is 3. The number of nitrogens with one attached hydrogen (secondary N) is 2. The lowest BCUT2D eigenvalue weighted by atomic mass is 9.95. The first kappa shape index (κ1) is 51.0. The number of nitrogens with zero attached hydrogens (tertiary/aromatic N) is 8. The van der Waals surface area contributed by atoms with Crippen LogP contribution in [0.3, 0.4) is 0 Å². The zero-order valence-electron chi connectivity index (χ0n) is 39.9. The molecule has 6 heterocycles. The normalized spacial score (nSPS) is 17.4. The molecule has 0 aliphatic carbocycles. The summed E-state index contributed by atoms with van der Waals surface area (Å²) in [5.74, 6) is -0.228. The molecule has 6 aromatic rings. The molecule has 3 aromatic carbocycles. The number of piperidine rings is 1. The minimum absolute atomic E-state index is 0.00301. The number of aromatic amines is 1. The number of likely N-dealkylation sites (tertiary alicyclic amines) is 2. The van der Waals surface area contributed by atoms with Gasteiger partial charge in [-0.1, -0.05) is 49.7 Å². The molecule has 1 amide bonds. The van der Waals surface area contributed by atoms with Gasteiger partial charge in [-0.15, -0.1) is 21.5 Å². The average Bonchev–Trinajstić information content (AvgIpc) is 4.11. The lowest BCUT2D eigenvalue weighted by Gasteiger charge is -2.33. The van der Waals surface area contributed by atoms with Gasteiger partial charge in [-0.3, -0.25) is 19.3 Å². The van der Waals surface area contributed by atoms with E-state index in [2.05, 4.69) is 53.9 Å². The summed E-state index contributed by atoms with van der Waals surface area (Å²) in [5.41, 5.74) is 6.64. The molecule has 16 nitrogen and oxygen atoms in total. The van der Waals surface area contributed by atoms with Crippen molar-refractivity contribution in [2.24, 2.45) is 16.8 Å². The number of carbonyl (C=O) groups excluding carboxylic acids is 1. The third-order valence-electron chi connectivity index (χ3n) is 13.4. The third-order valence-corrected chi connectivity index (χ3v) is 14.9. The van der Waals surface area contributed by atoms with Gasteiger partial charge in [0.15, 0.2) is 11.6 Å². The van der Waals surface area contributed by atoms with E-state index in [-0.39, 0.29) is 41.1 Å². The van der Waals surface area contributed by atoms with E-state index in [9.17, 15) is 33.0 Å². The number of aromatic nitrogens is 6. The Bertz CT molecular complexity index is 2990. The summed E-state index contributed by atoms with van der Waals surface area (Å²) < 4.78 is 35.4. The van der Waals surface area contributed by atoms with E-state index in [0.717, 1.165) is 111 Å². The second kappa shape index (κ2) is 21.2. The molecule has 376 valence electrons. The van der Waals surface area contributed by atoms with Crippen LogP contribution in [-0.2, 0) is 16.1 Å². The van der Waals surface area contributed by atoms with Crippen LogP contribution in [0.4, 0.5) is 13.2 Å². The fourth-order valence-electron chi connectivity index (χ4n) is 9.49. The fourth-order valence-corrected chi connectivity index (χ4v) is 10.8. The van der Waals surface area contributed by atoms with Crippen molar-refractivity contribution in [3.63, 3.8) is 0 Å². The second-order valence-corrected chi connectivity index (χ2v) is 20.3. The molecule has 5 N–H and O–H groups in total. The summed E-state index contributed by atoms with van der Waals surface area (Å²) in [6.07, 6.45) is -1.68. The Hall–Kier alpha value is -6.35. The number of thiophene rings is 1. The molecule has 0 radical (unpaired) electrons. The summed E-state index contributed by atoms with van der Waals surface area (Å²) in [6.45, 7) is 15.8. The lowest BCUT2D eigenvalue weighted by molar-refractivity contribution is -0.192. The average molecular weight is 1020 g/mol. The van der Waals surface area contributed by atoms with Crippen LogP contribution in [0.5, 0.6) is 11.5 Å². The Morgan fingerprint density at radius 2 is 1.63 bits per heavy atom. The molecule has 0 bridgehead atoms. The maximum atomic E-state index is 13.8. The minimum atomic E-state index is -5.08. The van der Waals surface area contributed by atoms with Gasteiger partial charge in [-0.05, 0) is 131 Å². The molecule has 3 aliphatic heterocycles. The van der Waals surface area contributed by atoms with Gasteiger partial charge < -0.3 is 25.5 Å². The van der Waals surface area contributed by atoms with Gasteiger partial charge in [0.25, 0.3) is 0 Å². The highest BCUT2D eigenvalue weighted by Crippen LogP contribution is 2.40. The van der Waals surface area contributed by atoms with Crippen molar-refractivity contribution < 1.29 is 38.1 Å². The van der Waals surface area contributed by atoms with Gasteiger partial charge in [0, 0.05) is 52.6 Å². The zero-order valence-corrected chi connectivity index (χ0v) is 41.5. The number of aryl methyl sites for hydroxylation is 2. The number of carboxylic acid groups (broad SMARTS) is 1. The molecule has 0 spiro atoms. The number of aliphatic imine (C=N–C) groups is 1. The molecular weight excluding hydrogens is 961 g/mol. The summed E-state index contributed by atoms with van der Waals surface area (Å²) in [7, 11) is 0. The van der Waals surface area contributed by atoms with E-state index in [1.807, 2.05) is 69.3 Å². The van der Waals surface area contributed by atoms with Crippen LogP contribution in [-0.4, -0.2) is 118 Å². The summed E-state index contributed by atoms with van der Waals surface area (Å²) in [6, 6.07) is 18.5. The molecule has 2 atom stereocenters. The number of amides is 1. The number of aliphatic carboxylic acids is 1. The second-order valence-electron chi connectivity index (χ2n) is 18.6. The number of rotatable bonds is 12. The summed E-state index contributed by atoms with van der Waals surface area (Å²) >= 11 is 8.05. The lowest BCUT2D eigenvalue weighted by Crippen LogP contribution is -2.41. The number of phenolic OH excluding ortho intramolecular Hbond substituents is 2. The van der Waals surface area contributed by atoms with Crippen LogP contribution >= 0.6 is 22.9 Å². The van der Waals surface area contributed by atoms with Gasteiger partial charge >= 0.3 is 17.8 Å². The van der Waals surface area contributed by atoms with Crippen molar-refractivity contribution in [3.8, 4) is 33.6 Å². The van der Waals surface area contributed by atoms with Gasteiger partial charge in [-0.2, -0.15) is 18.3 Å². The van der Waals surface area contributed by atoms with E-state index in [1.54, 1.807) is 17.4 Å².